The summed E-state index contributed by atoms with van der Waals surface area (Å²) < 4.78 is 22.0. The number of hydrogen-bond donors (Lipinski definition) is 1. The van der Waals surface area contributed by atoms with Gasteiger partial charge < -0.3 is 14.4 Å². The Morgan fingerprint density at radius 2 is 1.83 bits per heavy atom. The van der Waals surface area contributed by atoms with Crippen LogP contribution in [-0.4, -0.2) is 50.5 Å². The molecule has 0 radical (unpaired) electrons. The Morgan fingerprint density at radius 1 is 1.14 bits per heavy atom. The van der Waals surface area contributed by atoms with Gasteiger partial charge in [-0.3, -0.25) is 4.79 Å². The number of ether oxygens (including phenoxy) is 1. The molecule has 1 atom stereocenters. The van der Waals surface area contributed by atoms with E-state index >= 15 is 0 Å². The predicted octanol–water partition coefficient (Wildman–Crippen LogP) is 2.71. The van der Waals surface area contributed by atoms with Crippen molar-refractivity contribution in [3.63, 3.8) is 0 Å². The first-order valence-corrected chi connectivity index (χ1v) is 11.4. The number of aliphatic carboxylic acids is 1. The summed E-state index contributed by atoms with van der Waals surface area (Å²) in [5.41, 5.74) is 6.05. The molecule has 0 saturated carbocycles. The van der Waals surface area contributed by atoms with Crippen molar-refractivity contribution in [3.8, 4) is 0 Å². The molecule has 1 aliphatic carbocycles. The molecule has 1 saturated heterocycles. The molecule has 1 N–H and O–H groups in total. The van der Waals surface area contributed by atoms with Crippen molar-refractivity contribution < 1.29 is 18.8 Å². The predicted molar refractivity (Wildman–Crippen MR) is 111 cm³/mol. The molecule has 156 valence electrons. The molecule has 1 aromatic carbocycles. The van der Waals surface area contributed by atoms with E-state index in [4.69, 9.17) is 4.74 Å². The fourth-order valence-corrected chi connectivity index (χ4v) is 5.62. The Kier molecular flexibility index (Phi) is 6.18. The first-order valence-electron chi connectivity index (χ1n) is 10.3. The summed E-state index contributed by atoms with van der Waals surface area (Å²) in [7, 11) is -1.15. The zero-order valence-corrected chi connectivity index (χ0v) is 17.7. The summed E-state index contributed by atoms with van der Waals surface area (Å²) in [5.74, 6) is -0.794. The summed E-state index contributed by atoms with van der Waals surface area (Å²) in [5, 5.41) is 9.32. The molecule has 2 aromatic rings. The molecule has 7 heteroatoms. The number of nitrogens with zero attached hydrogens (tertiary/aromatic N) is 2. The van der Waals surface area contributed by atoms with Gasteiger partial charge in [0, 0.05) is 24.5 Å². The van der Waals surface area contributed by atoms with Gasteiger partial charge in [0.1, 0.15) is 17.5 Å². The van der Waals surface area contributed by atoms with E-state index in [9.17, 15) is 14.1 Å². The standard InChI is InChI=1S/C22H28N2O4S/c1-16-20(19-4-2-3-5-21(19)24(16)15-22(25)26)14-17-6-8-18(9-7-17)29(27)23-10-12-28-13-11-23/h6-9H,2-5,10-15H2,1H3,(H,25,26). The van der Waals surface area contributed by atoms with E-state index in [1.807, 2.05) is 27.9 Å². The molecule has 0 bridgehead atoms. The molecule has 1 unspecified atom stereocenters. The number of rotatable bonds is 6. The molecule has 6 nitrogen and oxygen atoms in total. The highest BCUT2D eigenvalue weighted by Crippen LogP contribution is 2.31. The third-order valence-electron chi connectivity index (χ3n) is 5.97. The molecule has 1 aromatic heterocycles. The Morgan fingerprint density at radius 3 is 2.52 bits per heavy atom. The van der Waals surface area contributed by atoms with Crippen LogP contribution in [0.2, 0.25) is 0 Å². The summed E-state index contributed by atoms with van der Waals surface area (Å²) in [6, 6.07) is 8.02. The van der Waals surface area contributed by atoms with Crippen molar-refractivity contribution in [2.45, 2.75) is 50.5 Å². The number of aromatic nitrogens is 1. The fourth-order valence-electron chi connectivity index (χ4n) is 4.47. The minimum absolute atomic E-state index is 0.0334. The summed E-state index contributed by atoms with van der Waals surface area (Å²) in [6.07, 6.45) is 5.05. The monoisotopic (exact) mass is 416 g/mol. The number of morpholine rings is 1. The SMILES string of the molecule is Cc1c(Cc2ccc(S(=O)N3CCOCC3)cc2)c2c(n1CC(=O)O)CCCC2. The van der Waals surface area contributed by atoms with Gasteiger partial charge in [0.25, 0.3) is 0 Å². The number of fused-ring (bicyclic) bond motifs is 1. The highest BCUT2D eigenvalue weighted by atomic mass is 32.2. The maximum Gasteiger partial charge on any atom is 0.323 e. The van der Waals surface area contributed by atoms with Gasteiger partial charge in [0.05, 0.1) is 18.1 Å². The van der Waals surface area contributed by atoms with E-state index in [1.165, 1.54) is 16.8 Å². The minimum Gasteiger partial charge on any atom is -0.480 e. The van der Waals surface area contributed by atoms with E-state index in [0.29, 0.717) is 26.3 Å². The Hall–Kier alpha value is -1.96. The lowest BCUT2D eigenvalue weighted by atomic mass is 9.92. The number of carboxylic acid groups (broad SMARTS) is 1. The van der Waals surface area contributed by atoms with Gasteiger partial charge in [-0.25, -0.2) is 8.51 Å². The topological polar surface area (TPSA) is 71.8 Å². The largest absolute Gasteiger partial charge is 0.480 e. The first kappa shape index (κ1) is 20.3. The lowest BCUT2D eigenvalue weighted by molar-refractivity contribution is -0.137. The van der Waals surface area contributed by atoms with E-state index in [2.05, 4.69) is 12.1 Å². The second-order valence-corrected chi connectivity index (χ2v) is 9.27. The van der Waals surface area contributed by atoms with Crippen LogP contribution in [0, 0.1) is 6.92 Å². The van der Waals surface area contributed by atoms with Gasteiger partial charge in [-0.05, 0) is 67.9 Å². The maximum atomic E-state index is 12.7. The molecular weight excluding hydrogens is 388 g/mol. The summed E-state index contributed by atoms with van der Waals surface area (Å²) in [4.78, 5) is 12.2. The maximum absolute atomic E-state index is 12.7. The zero-order valence-electron chi connectivity index (χ0n) is 16.9. The molecule has 4 rings (SSSR count). The van der Waals surface area contributed by atoms with Gasteiger partial charge >= 0.3 is 5.97 Å². The van der Waals surface area contributed by atoms with Crippen molar-refractivity contribution in [2.75, 3.05) is 26.3 Å². The molecule has 0 spiro atoms. The number of carboxylic acids is 1. The van der Waals surface area contributed by atoms with Crippen molar-refractivity contribution in [3.05, 3.63) is 52.3 Å². The van der Waals surface area contributed by atoms with Crippen molar-refractivity contribution in [1.29, 1.82) is 0 Å². The van der Waals surface area contributed by atoms with Gasteiger partial charge in [0.2, 0.25) is 0 Å². The lowest BCUT2D eigenvalue weighted by Crippen LogP contribution is -2.37. The molecule has 29 heavy (non-hydrogen) atoms. The molecule has 1 fully saturated rings. The third kappa shape index (κ3) is 4.32. The molecule has 2 heterocycles. The number of hydrogen-bond acceptors (Lipinski definition) is 3. The van der Waals surface area contributed by atoms with Crippen LogP contribution in [0.15, 0.2) is 29.2 Å². The van der Waals surface area contributed by atoms with E-state index in [1.54, 1.807) is 0 Å². The Balaban J connectivity index is 1.55. The van der Waals surface area contributed by atoms with E-state index < -0.39 is 17.0 Å². The highest BCUT2D eigenvalue weighted by molar-refractivity contribution is 7.82. The molecule has 2 aliphatic rings. The third-order valence-corrected chi connectivity index (χ3v) is 7.48. The summed E-state index contributed by atoms with van der Waals surface area (Å²) >= 11 is 0. The normalized spacial score (nSPS) is 18.4. The van der Waals surface area contributed by atoms with Crippen LogP contribution in [-0.2, 0) is 46.3 Å². The zero-order chi connectivity index (χ0) is 20.4. The van der Waals surface area contributed by atoms with Crippen molar-refractivity contribution in [1.82, 2.24) is 8.87 Å². The van der Waals surface area contributed by atoms with Gasteiger partial charge in [0.15, 0.2) is 0 Å². The van der Waals surface area contributed by atoms with E-state index in [-0.39, 0.29) is 6.54 Å². The second kappa shape index (κ2) is 8.81. The van der Waals surface area contributed by atoms with E-state index in [0.717, 1.165) is 48.3 Å². The second-order valence-electron chi connectivity index (χ2n) is 7.79. The van der Waals surface area contributed by atoms with Crippen LogP contribution in [0.3, 0.4) is 0 Å². The molecule has 1 aliphatic heterocycles. The average Bonchev–Trinajstić information content (AvgIpc) is 3.00. The number of benzene rings is 1. The molecular formula is C22H28N2O4S. The van der Waals surface area contributed by atoms with Crippen molar-refractivity contribution >= 4 is 17.0 Å². The molecule has 0 amide bonds. The number of carbonyl (C=O) groups is 1. The minimum atomic E-state index is -1.15. The Bertz CT molecular complexity index is 914. The van der Waals surface area contributed by atoms with Gasteiger partial charge in [-0.2, -0.15) is 0 Å². The smallest absolute Gasteiger partial charge is 0.323 e. The van der Waals surface area contributed by atoms with Crippen LogP contribution >= 0.6 is 0 Å². The van der Waals surface area contributed by atoms with Crippen LogP contribution in [0.25, 0.3) is 0 Å². The first-order chi connectivity index (χ1) is 14.0. The van der Waals surface area contributed by atoms with Crippen molar-refractivity contribution in [2.24, 2.45) is 0 Å². The fraction of sp³-hybridized carbons (Fsp3) is 0.500. The highest BCUT2D eigenvalue weighted by Gasteiger charge is 2.24. The summed E-state index contributed by atoms with van der Waals surface area (Å²) in [6.45, 7) is 4.71. The van der Waals surface area contributed by atoms with Gasteiger partial charge in [-0.15, -0.1) is 0 Å². The lowest BCUT2D eigenvalue weighted by Gasteiger charge is -2.25. The van der Waals surface area contributed by atoms with Crippen LogP contribution < -0.4 is 0 Å². The van der Waals surface area contributed by atoms with Crippen LogP contribution in [0.1, 0.15) is 40.9 Å². The average molecular weight is 417 g/mol. The van der Waals surface area contributed by atoms with Crippen LogP contribution in [0.4, 0.5) is 0 Å². The van der Waals surface area contributed by atoms with Crippen LogP contribution in [0.5, 0.6) is 0 Å². The van der Waals surface area contributed by atoms with Gasteiger partial charge in [-0.1, -0.05) is 12.1 Å². The quantitative estimate of drug-likeness (QED) is 0.786. The Labute approximate surface area is 174 Å².